The predicted molar refractivity (Wildman–Crippen MR) is 126 cm³/mol. The zero-order chi connectivity index (χ0) is 21.2. The number of hydrogen-bond donors (Lipinski definition) is 1. The molecular weight excluding hydrogens is 428 g/mol. The van der Waals surface area contributed by atoms with Crippen LogP contribution in [0.4, 0.5) is 5.69 Å². The highest BCUT2D eigenvalue weighted by Gasteiger charge is 2.15. The van der Waals surface area contributed by atoms with Gasteiger partial charge in [0.25, 0.3) is 5.91 Å². The molecule has 0 aliphatic rings. The smallest absolute Gasteiger partial charge is 0.255 e. The average molecular weight is 447 g/mol. The summed E-state index contributed by atoms with van der Waals surface area (Å²) in [6, 6.07) is 19.1. The van der Waals surface area contributed by atoms with Crippen molar-refractivity contribution < 1.29 is 13.9 Å². The molecule has 31 heavy (non-hydrogen) atoms. The minimum Gasteiger partial charge on any atom is -0.495 e. The van der Waals surface area contributed by atoms with Crippen LogP contribution in [-0.2, 0) is 5.75 Å². The molecule has 0 aliphatic heterocycles. The maximum absolute atomic E-state index is 12.8. The Bertz CT molecular complexity index is 1360. The van der Waals surface area contributed by atoms with Gasteiger partial charge in [0, 0.05) is 38.4 Å². The second-order valence-corrected chi connectivity index (χ2v) is 8.66. The van der Waals surface area contributed by atoms with Gasteiger partial charge in [-0.3, -0.25) is 4.79 Å². The van der Waals surface area contributed by atoms with Crippen LogP contribution in [0.25, 0.3) is 21.9 Å². The highest BCUT2D eigenvalue weighted by molar-refractivity contribution is 7.98. The third-order valence-corrected chi connectivity index (χ3v) is 6.61. The fourth-order valence-electron chi connectivity index (χ4n) is 3.38. The molecule has 154 valence electrons. The Kier molecular flexibility index (Phi) is 5.36. The Labute approximate surface area is 187 Å². The first-order valence-corrected chi connectivity index (χ1v) is 11.5. The van der Waals surface area contributed by atoms with Crippen LogP contribution < -0.4 is 10.1 Å². The fraction of sp³-hybridized carbons (Fsp3) is 0.0833. The van der Waals surface area contributed by atoms with E-state index in [2.05, 4.69) is 10.3 Å². The standard InChI is InChI=1S/C24H18N2O3S2/c1-28-23-10-19-18-4-2-3-5-21(18)29-22(19)11-20(23)26-24(27)15-6-8-17(9-7-15)31-13-16-12-30-14-25-16/h2-12,14H,13H2,1H3,(H,26,27). The normalized spacial score (nSPS) is 11.1. The maximum atomic E-state index is 12.8. The van der Waals surface area contributed by atoms with Crippen LogP contribution in [0.2, 0.25) is 0 Å². The molecule has 0 atom stereocenters. The fourth-order valence-corrected chi connectivity index (χ4v) is 4.85. The number of thiazole rings is 1. The van der Waals surface area contributed by atoms with E-state index in [9.17, 15) is 4.79 Å². The Morgan fingerprint density at radius 2 is 1.94 bits per heavy atom. The molecule has 0 aliphatic carbocycles. The molecule has 5 nitrogen and oxygen atoms in total. The van der Waals surface area contributed by atoms with E-state index in [1.165, 1.54) is 0 Å². The number of carbonyl (C=O) groups is 1. The summed E-state index contributed by atoms with van der Waals surface area (Å²) in [4.78, 5) is 18.2. The number of carbonyl (C=O) groups excluding carboxylic acids is 1. The lowest BCUT2D eigenvalue weighted by Gasteiger charge is -2.11. The Morgan fingerprint density at radius 3 is 2.71 bits per heavy atom. The van der Waals surface area contributed by atoms with Crippen molar-refractivity contribution in [3.05, 3.63) is 82.8 Å². The van der Waals surface area contributed by atoms with E-state index in [4.69, 9.17) is 9.15 Å². The molecule has 0 radical (unpaired) electrons. The molecule has 0 saturated carbocycles. The van der Waals surface area contributed by atoms with Crippen molar-refractivity contribution in [1.82, 2.24) is 4.98 Å². The number of thioether (sulfide) groups is 1. The van der Waals surface area contributed by atoms with Crippen molar-refractivity contribution in [1.29, 1.82) is 0 Å². The van der Waals surface area contributed by atoms with E-state index >= 15 is 0 Å². The number of nitrogens with zero attached hydrogens (tertiary/aromatic N) is 1. The molecule has 5 rings (SSSR count). The van der Waals surface area contributed by atoms with E-state index < -0.39 is 0 Å². The van der Waals surface area contributed by atoms with Crippen LogP contribution in [-0.4, -0.2) is 18.0 Å². The number of methoxy groups -OCH3 is 1. The highest BCUT2D eigenvalue weighted by Crippen LogP contribution is 2.36. The van der Waals surface area contributed by atoms with Gasteiger partial charge in [-0.25, -0.2) is 4.98 Å². The van der Waals surface area contributed by atoms with Crippen LogP contribution >= 0.6 is 23.1 Å². The molecule has 2 heterocycles. The molecule has 0 unspecified atom stereocenters. The van der Waals surface area contributed by atoms with Crippen molar-refractivity contribution in [2.75, 3.05) is 12.4 Å². The number of rotatable bonds is 6. The molecule has 0 saturated heterocycles. The van der Waals surface area contributed by atoms with Gasteiger partial charge in [0.2, 0.25) is 0 Å². The summed E-state index contributed by atoms with van der Waals surface area (Å²) >= 11 is 3.28. The molecule has 7 heteroatoms. The van der Waals surface area contributed by atoms with Gasteiger partial charge in [0.05, 0.1) is 24.0 Å². The number of ether oxygens (including phenoxy) is 1. The summed E-state index contributed by atoms with van der Waals surface area (Å²) in [6.45, 7) is 0. The van der Waals surface area contributed by atoms with Crippen molar-refractivity contribution in [3.63, 3.8) is 0 Å². The minimum atomic E-state index is -0.204. The van der Waals surface area contributed by atoms with E-state index in [0.717, 1.165) is 32.7 Å². The maximum Gasteiger partial charge on any atom is 0.255 e. The third-order valence-electron chi connectivity index (χ3n) is 4.93. The first kappa shape index (κ1) is 19.7. The average Bonchev–Trinajstić information content (AvgIpc) is 3.45. The van der Waals surface area contributed by atoms with Gasteiger partial charge in [0.1, 0.15) is 16.9 Å². The molecule has 0 fully saturated rings. The molecule has 0 spiro atoms. The summed E-state index contributed by atoms with van der Waals surface area (Å²) in [5.74, 6) is 1.19. The number of benzene rings is 3. The molecule has 2 aromatic heterocycles. The zero-order valence-corrected chi connectivity index (χ0v) is 18.3. The van der Waals surface area contributed by atoms with E-state index in [1.54, 1.807) is 30.2 Å². The lowest BCUT2D eigenvalue weighted by atomic mass is 10.1. The number of anilines is 1. The highest BCUT2D eigenvalue weighted by atomic mass is 32.2. The Hall–Kier alpha value is -3.29. The van der Waals surface area contributed by atoms with E-state index in [-0.39, 0.29) is 5.91 Å². The summed E-state index contributed by atoms with van der Waals surface area (Å²) < 4.78 is 11.5. The predicted octanol–water partition coefficient (Wildman–Crippen LogP) is 6.60. The first-order valence-electron chi connectivity index (χ1n) is 9.62. The molecular formula is C24H18N2O3S2. The number of para-hydroxylation sites is 1. The minimum absolute atomic E-state index is 0.204. The second-order valence-electron chi connectivity index (χ2n) is 6.89. The molecule has 0 bridgehead atoms. The van der Waals surface area contributed by atoms with Crippen molar-refractivity contribution >= 4 is 56.6 Å². The largest absolute Gasteiger partial charge is 0.495 e. The second kappa shape index (κ2) is 8.45. The van der Waals surface area contributed by atoms with Crippen LogP contribution in [0.15, 0.2) is 80.9 Å². The summed E-state index contributed by atoms with van der Waals surface area (Å²) in [7, 11) is 1.59. The van der Waals surface area contributed by atoms with Crippen LogP contribution in [0, 0.1) is 0 Å². The third kappa shape index (κ3) is 4.02. The Balaban J connectivity index is 1.36. The summed E-state index contributed by atoms with van der Waals surface area (Å²) in [5.41, 5.74) is 5.54. The number of amides is 1. The van der Waals surface area contributed by atoms with Gasteiger partial charge in [-0.1, -0.05) is 18.2 Å². The first-order chi connectivity index (χ1) is 15.2. The van der Waals surface area contributed by atoms with Crippen molar-refractivity contribution in [2.24, 2.45) is 0 Å². The monoisotopic (exact) mass is 446 g/mol. The summed E-state index contributed by atoms with van der Waals surface area (Å²) in [6.07, 6.45) is 0. The van der Waals surface area contributed by atoms with Gasteiger partial charge in [-0.05, 0) is 36.4 Å². The number of nitrogens with one attached hydrogen (secondary N) is 1. The number of fused-ring (bicyclic) bond motifs is 3. The van der Waals surface area contributed by atoms with E-state index in [1.807, 2.05) is 71.6 Å². The zero-order valence-electron chi connectivity index (χ0n) is 16.6. The molecule has 5 aromatic rings. The molecule has 1 amide bonds. The van der Waals surface area contributed by atoms with Gasteiger partial charge in [-0.15, -0.1) is 23.1 Å². The number of furan rings is 1. The summed E-state index contributed by atoms with van der Waals surface area (Å²) in [5, 5.41) is 6.96. The van der Waals surface area contributed by atoms with E-state index in [0.29, 0.717) is 22.6 Å². The lowest BCUT2D eigenvalue weighted by molar-refractivity contribution is 0.102. The lowest BCUT2D eigenvalue weighted by Crippen LogP contribution is -2.12. The topological polar surface area (TPSA) is 64.4 Å². The van der Waals surface area contributed by atoms with Crippen LogP contribution in [0.3, 0.4) is 0 Å². The van der Waals surface area contributed by atoms with Gasteiger partial charge < -0.3 is 14.5 Å². The van der Waals surface area contributed by atoms with Crippen molar-refractivity contribution in [2.45, 2.75) is 10.6 Å². The van der Waals surface area contributed by atoms with Crippen LogP contribution in [0.5, 0.6) is 5.75 Å². The van der Waals surface area contributed by atoms with Gasteiger partial charge in [0.15, 0.2) is 0 Å². The van der Waals surface area contributed by atoms with Crippen LogP contribution in [0.1, 0.15) is 16.1 Å². The molecule has 1 N–H and O–H groups in total. The van der Waals surface area contributed by atoms with Gasteiger partial charge in [-0.2, -0.15) is 0 Å². The Morgan fingerprint density at radius 1 is 1.10 bits per heavy atom. The van der Waals surface area contributed by atoms with Crippen molar-refractivity contribution in [3.8, 4) is 5.75 Å². The SMILES string of the molecule is COc1cc2c(cc1NC(=O)c1ccc(SCc3cscn3)cc1)oc1ccccc12. The molecule has 3 aromatic carbocycles. The number of aromatic nitrogens is 1. The quantitative estimate of drug-likeness (QED) is 0.298. The van der Waals surface area contributed by atoms with Gasteiger partial charge >= 0.3 is 0 Å². The number of hydrogen-bond acceptors (Lipinski definition) is 6.